The van der Waals surface area contributed by atoms with Crippen molar-refractivity contribution in [2.75, 3.05) is 5.88 Å². The third-order valence-corrected chi connectivity index (χ3v) is 3.54. The Morgan fingerprint density at radius 2 is 2.35 bits per heavy atom. The van der Waals surface area contributed by atoms with Gasteiger partial charge in [-0.1, -0.05) is 18.3 Å². The lowest BCUT2D eigenvalue weighted by Gasteiger charge is -2.14. The van der Waals surface area contributed by atoms with E-state index in [9.17, 15) is 14.9 Å². The molecule has 0 fully saturated rings. The van der Waals surface area contributed by atoms with Gasteiger partial charge in [-0.15, -0.1) is 11.6 Å². The van der Waals surface area contributed by atoms with Crippen molar-refractivity contribution >= 4 is 33.8 Å². The molecule has 0 aliphatic heterocycles. The van der Waals surface area contributed by atoms with E-state index in [1.54, 1.807) is 0 Å². The van der Waals surface area contributed by atoms with Crippen molar-refractivity contribution in [1.82, 2.24) is 5.32 Å². The largest absolute Gasteiger partial charge is 0.349 e. The Kier molecular flexibility index (Phi) is 5.37. The van der Waals surface area contributed by atoms with Gasteiger partial charge in [-0.05, 0) is 18.9 Å². The van der Waals surface area contributed by atoms with Crippen LogP contribution in [0.25, 0.3) is 0 Å². The fraction of sp³-hybridized carbons (Fsp3) is 0.500. The van der Waals surface area contributed by atoms with E-state index in [0.29, 0.717) is 17.2 Å². The van der Waals surface area contributed by atoms with Gasteiger partial charge in [-0.25, -0.2) is 0 Å². The molecule has 1 rings (SSSR count). The molecule has 0 radical (unpaired) electrons. The summed E-state index contributed by atoms with van der Waals surface area (Å²) in [4.78, 5) is 22.1. The maximum atomic E-state index is 11.8. The normalized spacial score (nSPS) is 12.1. The molecule has 17 heavy (non-hydrogen) atoms. The van der Waals surface area contributed by atoms with Crippen LogP contribution in [0.1, 0.15) is 29.4 Å². The minimum Gasteiger partial charge on any atom is -0.349 e. The average Bonchev–Trinajstić information content (AvgIpc) is 2.77. The molecule has 1 amide bonds. The predicted molar refractivity (Wildman–Crippen MR) is 67.9 cm³/mol. The summed E-state index contributed by atoms with van der Waals surface area (Å²) in [5.74, 6) is 0.198. The lowest BCUT2D eigenvalue weighted by atomic mass is 10.2. The first-order chi connectivity index (χ1) is 8.08. The van der Waals surface area contributed by atoms with Crippen LogP contribution in [0.15, 0.2) is 12.1 Å². The molecule has 1 aromatic rings. The van der Waals surface area contributed by atoms with Crippen LogP contribution in [-0.2, 0) is 0 Å². The molecule has 5 nitrogen and oxygen atoms in total. The highest BCUT2D eigenvalue weighted by Crippen LogP contribution is 2.23. The van der Waals surface area contributed by atoms with Crippen LogP contribution < -0.4 is 5.32 Å². The van der Waals surface area contributed by atoms with Crippen molar-refractivity contribution < 1.29 is 9.72 Å². The van der Waals surface area contributed by atoms with E-state index in [1.165, 1.54) is 12.1 Å². The molecule has 0 spiro atoms. The molecule has 0 aromatic carbocycles. The lowest BCUT2D eigenvalue weighted by Crippen LogP contribution is -2.34. The van der Waals surface area contributed by atoms with E-state index >= 15 is 0 Å². The molecular formula is C10H13ClN2O3S. The highest BCUT2D eigenvalue weighted by atomic mass is 35.5. The summed E-state index contributed by atoms with van der Waals surface area (Å²) in [7, 11) is 0. The summed E-state index contributed by atoms with van der Waals surface area (Å²) in [6.45, 7) is 1.95. The molecule has 0 bridgehead atoms. The molecule has 0 saturated heterocycles. The zero-order valence-electron chi connectivity index (χ0n) is 9.31. The number of nitrogens with zero attached hydrogens (tertiary/aromatic N) is 1. The standard InChI is InChI=1S/C10H13ClN2O3S/c1-2-7(5-6-11)12-10(14)8-3-4-9(17-8)13(15)16/h3-4,7H,2,5-6H2,1H3,(H,12,14). The molecule has 94 valence electrons. The number of carbonyl (C=O) groups is 1. The minimum atomic E-state index is -0.502. The highest BCUT2D eigenvalue weighted by molar-refractivity contribution is 7.17. The molecular weight excluding hydrogens is 264 g/mol. The number of carbonyl (C=O) groups excluding carboxylic acids is 1. The van der Waals surface area contributed by atoms with Gasteiger partial charge >= 0.3 is 5.00 Å². The quantitative estimate of drug-likeness (QED) is 0.493. The van der Waals surface area contributed by atoms with E-state index in [0.717, 1.165) is 17.8 Å². The van der Waals surface area contributed by atoms with Crippen LogP contribution >= 0.6 is 22.9 Å². The smallest absolute Gasteiger partial charge is 0.324 e. The SMILES string of the molecule is CCC(CCCl)NC(=O)c1ccc([N+](=O)[O-])s1. The zero-order valence-corrected chi connectivity index (χ0v) is 10.9. The van der Waals surface area contributed by atoms with Crippen molar-refractivity contribution in [2.24, 2.45) is 0 Å². The zero-order chi connectivity index (χ0) is 12.8. The lowest BCUT2D eigenvalue weighted by molar-refractivity contribution is -0.380. The van der Waals surface area contributed by atoms with Gasteiger partial charge in [-0.2, -0.15) is 0 Å². The summed E-state index contributed by atoms with van der Waals surface area (Å²) >= 11 is 6.49. The number of thiophene rings is 1. The average molecular weight is 277 g/mol. The Bertz CT molecular complexity index is 408. The fourth-order valence-corrected chi connectivity index (χ4v) is 2.30. The summed E-state index contributed by atoms with van der Waals surface area (Å²) in [5, 5.41) is 13.3. The number of rotatable bonds is 6. The van der Waals surface area contributed by atoms with Gasteiger partial charge in [0.2, 0.25) is 0 Å². The first-order valence-electron chi connectivity index (χ1n) is 5.19. The van der Waals surface area contributed by atoms with Gasteiger partial charge in [0.25, 0.3) is 5.91 Å². The van der Waals surface area contributed by atoms with Gasteiger partial charge in [-0.3, -0.25) is 14.9 Å². The Morgan fingerprint density at radius 3 is 2.82 bits per heavy atom. The predicted octanol–water partition coefficient (Wildman–Crippen LogP) is 2.79. The number of nitrogens with one attached hydrogen (secondary N) is 1. The monoisotopic (exact) mass is 276 g/mol. The second kappa shape index (κ2) is 6.56. The molecule has 1 unspecified atom stereocenters. The summed E-state index contributed by atoms with van der Waals surface area (Å²) in [6.07, 6.45) is 1.48. The maximum Gasteiger partial charge on any atom is 0.324 e. The Labute approximate surface area is 108 Å². The van der Waals surface area contributed by atoms with Gasteiger partial charge < -0.3 is 5.32 Å². The number of hydrogen-bond donors (Lipinski definition) is 1. The molecule has 0 aliphatic carbocycles. The van der Waals surface area contributed by atoms with Crippen LogP contribution in [0.5, 0.6) is 0 Å². The first-order valence-corrected chi connectivity index (χ1v) is 6.54. The van der Waals surface area contributed by atoms with Crippen molar-refractivity contribution in [3.63, 3.8) is 0 Å². The Hall–Kier alpha value is -1.14. The number of hydrogen-bond acceptors (Lipinski definition) is 4. The molecule has 1 heterocycles. The molecule has 7 heteroatoms. The second-order valence-corrected chi connectivity index (χ2v) is 4.89. The van der Waals surface area contributed by atoms with Crippen LogP contribution in [0, 0.1) is 10.1 Å². The van der Waals surface area contributed by atoms with Crippen molar-refractivity contribution in [2.45, 2.75) is 25.8 Å². The summed E-state index contributed by atoms with van der Waals surface area (Å²) < 4.78 is 0. The van der Waals surface area contributed by atoms with Crippen LogP contribution in [0.4, 0.5) is 5.00 Å². The molecule has 1 aromatic heterocycles. The van der Waals surface area contributed by atoms with Gasteiger partial charge in [0.1, 0.15) is 0 Å². The number of halogens is 1. The fourth-order valence-electron chi connectivity index (χ4n) is 1.31. The van der Waals surface area contributed by atoms with E-state index in [-0.39, 0.29) is 17.0 Å². The van der Waals surface area contributed by atoms with Gasteiger partial charge in [0.05, 0.1) is 9.80 Å². The van der Waals surface area contributed by atoms with E-state index in [4.69, 9.17) is 11.6 Å². The van der Waals surface area contributed by atoms with Crippen LogP contribution in [0.3, 0.4) is 0 Å². The third kappa shape index (κ3) is 3.98. The number of nitro groups is 1. The topological polar surface area (TPSA) is 72.2 Å². The second-order valence-electron chi connectivity index (χ2n) is 3.45. The molecule has 0 aliphatic rings. The van der Waals surface area contributed by atoms with Gasteiger partial charge in [0, 0.05) is 18.0 Å². The van der Waals surface area contributed by atoms with Gasteiger partial charge in [0.15, 0.2) is 0 Å². The molecule has 1 N–H and O–H groups in total. The van der Waals surface area contributed by atoms with Crippen LogP contribution in [0.2, 0.25) is 0 Å². The number of alkyl halides is 1. The maximum absolute atomic E-state index is 11.8. The van der Waals surface area contributed by atoms with E-state index in [1.807, 2.05) is 6.92 Å². The van der Waals surface area contributed by atoms with Crippen LogP contribution in [-0.4, -0.2) is 22.8 Å². The summed E-state index contributed by atoms with van der Waals surface area (Å²) in [5.41, 5.74) is 0. The Morgan fingerprint density at radius 1 is 1.65 bits per heavy atom. The summed E-state index contributed by atoms with van der Waals surface area (Å²) in [6, 6.07) is 2.81. The van der Waals surface area contributed by atoms with E-state index < -0.39 is 4.92 Å². The van der Waals surface area contributed by atoms with Crippen molar-refractivity contribution in [1.29, 1.82) is 0 Å². The Balaban J connectivity index is 2.65. The minimum absolute atomic E-state index is 0.0150. The molecule has 0 saturated carbocycles. The van der Waals surface area contributed by atoms with E-state index in [2.05, 4.69) is 5.32 Å². The number of amides is 1. The first kappa shape index (κ1) is 13.9. The van der Waals surface area contributed by atoms with Crippen molar-refractivity contribution in [3.05, 3.63) is 27.1 Å². The molecule has 1 atom stereocenters. The third-order valence-electron chi connectivity index (χ3n) is 2.28. The highest BCUT2D eigenvalue weighted by Gasteiger charge is 2.17. The van der Waals surface area contributed by atoms with Crippen molar-refractivity contribution in [3.8, 4) is 0 Å².